The van der Waals surface area contributed by atoms with Crippen LogP contribution in [-0.4, -0.2) is 14.5 Å². The van der Waals surface area contributed by atoms with Gasteiger partial charge in [0.25, 0.3) is 0 Å². The van der Waals surface area contributed by atoms with E-state index in [2.05, 4.69) is 28.4 Å². The molecule has 0 saturated heterocycles. The molecule has 0 saturated carbocycles. The second kappa shape index (κ2) is 4.40. The van der Waals surface area contributed by atoms with Gasteiger partial charge in [0.2, 0.25) is 0 Å². The minimum atomic E-state index is 0.457. The quantitative estimate of drug-likeness (QED) is 0.794. The lowest BCUT2D eigenvalue weighted by molar-refractivity contribution is 0.599. The van der Waals surface area contributed by atoms with Crippen LogP contribution in [0.3, 0.4) is 0 Å². The molecule has 0 bridgehead atoms. The highest BCUT2D eigenvalue weighted by Crippen LogP contribution is 2.09. The summed E-state index contributed by atoms with van der Waals surface area (Å²) < 4.78 is 2.08. The van der Waals surface area contributed by atoms with Gasteiger partial charge in [0.15, 0.2) is 0 Å². The van der Waals surface area contributed by atoms with Gasteiger partial charge in [-0.05, 0) is 26.0 Å². The van der Waals surface area contributed by atoms with E-state index in [0.717, 1.165) is 11.4 Å². The molecule has 0 spiro atoms. The molecule has 0 atom stereocenters. The predicted molar refractivity (Wildman–Crippen MR) is 63.7 cm³/mol. The first kappa shape index (κ1) is 10.1. The molecule has 0 radical (unpaired) electrons. The van der Waals surface area contributed by atoms with Gasteiger partial charge in [-0.2, -0.15) is 0 Å². The summed E-state index contributed by atoms with van der Waals surface area (Å²) in [5.41, 5.74) is 3.78. The molecule has 2 heterocycles. The zero-order chi connectivity index (χ0) is 10.7. The number of hydrogen-bond acceptors (Lipinski definition) is 3. The van der Waals surface area contributed by atoms with E-state index in [1.54, 1.807) is 11.3 Å². The zero-order valence-corrected chi connectivity index (χ0v) is 9.61. The van der Waals surface area contributed by atoms with Crippen LogP contribution in [0, 0.1) is 0 Å². The van der Waals surface area contributed by atoms with E-state index in [1.165, 1.54) is 0 Å². The molecule has 2 aromatic heterocycles. The van der Waals surface area contributed by atoms with Crippen LogP contribution in [0.4, 0.5) is 0 Å². The summed E-state index contributed by atoms with van der Waals surface area (Å²) >= 11 is 1.60. The maximum Gasteiger partial charge on any atom is 0.0955 e. The van der Waals surface area contributed by atoms with Crippen LogP contribution in [0.5, 0.6) is 0 Å². The van der Waals surface area contributed by atoms with Crippen molar-refractivity contribution < 1.29 is 0 Å². The molecule has 4 heteroatoms. The summed E-state index contributed by atoms with van der Waals surface area (Å²) in [6, 6.07) is 0.457. The van der Waals surface area contributed by atoms with E-state index in [9.17, 15) is 0 Å². The molecule has 2 rings (SSSR count). The lowest BCUT2D eigenvalue weighted by Gasteiger charge is -2.03. The fourth-order valence-electron chi connectivity index (χ4n) is 1.20. The monoisotopic (exact) mass is 219 g/mol. The first-order valence-electron chi connectivity index (χ1n) is 4.85. The van der Waals surface area contributed by atoms with E-state index in [1.807, 2.05) is 35.6 Å². The predicted octanol–water partition coefficient (Wildman–Crippen LogP) is 3.09. The van der Waals surface area contributed by atoms with Crippen LogP contribution in [0.15, 0.2) is 23.4 Å². The smallest absolute Gasteiger partial charge is 0.0955 e. The van der Waals surface area contributed by atoms with Crippen molar-refractivity contribution in [3.05, 3.63) is 34.8 Å². The van der Waals surface area contributed by atoms with Crippen molar-refractivity contribution in [2.75, 3.05) is 0 Å². The minimum Gasteiger partial charge on any atom is -0.334 e. The Labute approximate surface area is 93.1 Å². The summed E-state index contributed by atoms with van der Waals surface area (Å²) in [6.07, 6.45) is 7.84. The lowest BCUT2D eigenvalue weighted by atomic mass is 10.3. The Hall–Kier alpha value is -1.42. The van der Waals surface area contributed by atoms with Crippen LogP contribution in [-0.2, 0) is 0 Å². The topological polar surface area (TPSA) is 30.7 Å². The SMILES string of the molecule is CC(C)n1cnc(C=Cc2cscn2)c1. The maximum atomic E-state index is 4.29. The minimum absolute atomic E-state index is 0.457. The Morgan fingerprint density at radius 1 is 1.27 bits per heavy atom. The van der Waals surface area contributed by atoms with E-state index in [4.69, 9.17) is 0 Å². The van der Waals surface area contributed by atoms with Gasteiger partial charge in [-0.25, -0.2) is 9.97 Å². The number of nitrogens with zero attached hydrogens (tertiary/aromatic N) is 3. The molecular weight excluding hydrogens is 206 g/mol. The molecule has 3 nitrogen and oxygen atoms in total. The second-order valence-corrected chi connectivity index (χ2v) is 4.30. The van der Waals surface area contributed by atoms with Gasteiger partial charge in [0.1, 0.15) is 0 Å². The van der Waals surface area contributed by atoms with Gasteiger partial charge >= 0.3 is 0 Å². The third-order valence-electron chi connectivity index (χ3n) is 2.09. The fraction of sp³-hybridized carbons (Fsp3) is 0.273. The molecule has 2 aromatic rings. The average molecular weight is 219 g/mol. The van der Waals surface area contributed by atoms with Crippen LogP contribution in [0.2, 0.25) is 0 Å². The van der Waals surface area contributed by atoms with Crippen molar-refractivity contribution in [1.29, 1.82) is 0 Å². The van der Waals surface area contributed by atoms with Crippen molar-refractivity contribution in [3.63, 3.8) is 0 Å². The number of thiazole rings is 1. The third kappa shape index (κ3) is 2.53. The highest BCUT2D eigenvalue weighted by atomic mass is 32.1. The van der Waals surface area contributed by atoms with Crippen molar-refractivity contribution in [2.24, 2.45) is 0 Å². The van der Waals surface area contributed by atoms with Gasteiger partial charge < -0.3 is 4.57 Å². The average Bonchev–Trinajstić information content (AvgIpc) is 2.86. The van der Waals surface area contributed by atoms with Gasteiger partial charge in [-0.15, -0.1) is 11.3 Å². The van der Waals surface area contributed by atoms with Crippen LogP contribution >= 0.6 is 11.3 Å². The number of aromatic nitrogens is 3. The molecule has 0 aromatic carbocycles. The second-order valence-electron chi connectivity index (χ2n) is 3.59. The zero-order valence-electron chi connectivity index (χ0n) is 8.79. The summed E-state index contributed by atoms with van der Waals surface area (Å²) in [7, 11) is 0. The summed E-state index contributed by atoms with van der Waals surface area (Å²) in [4.78, 5) is 8.46. The van der Waals surface area contributed by atoms with Crippen LogP contribution in [0.25, 0.3) is 12.2 Å². The Morgan fingerprint density at radius 2 is 2.07 bits per heavy atom. The third-order valence-corrected chi connectivity index (χ3v) is 2.70. The van der Waals surface area contributed by atoms with Gasteiger partial charge in [-0.3, -0.25) is 0 Å². The van der Waals surface area contributed by atoms with Crippen molar-refractivity contribution in [1.82, 2.24) is 14.5 Å². The van der Waals surface area contributed by atoms with Gasteiger partial charge in [0.05, 0.1) is 23.2 Å². The maximum absolute atomic E-state index is 4.29. The lowest BCUT2D eigenvalue weighted by Crippen LogP contribution is -1.95. The number of hydrogen-bond donors (Lipinski definition) is 0. The standard InChI is InChI=1S/C11H13N3S/c1-9(2)14-5-10(12-7-14)3-4-11-6-15-8-13-11/h3-9H,1-2H3. The van der Waals surface area contributed by atoms with E-state index < -0.39 is 0 Å². The van der Waals surface area contributed by atoms with Gasteiger partial charge in [0, 0.05) is 17.6 Å². The Morgan fingerprint density at radius 3 is 2.67 bits per heavy atom. The fourth-order valence-corrected chi connectivity index (χ4v) is 1.72. The molecule has 0 aliphatic carbocycles. The molecule has 78 valence electrons. The summed E-state index contributed by atoms with van der Waals surface area (Å²) in [6.45, 7) is 4.27. The van der Waals surface area contributed by atoms with E-state index in [-0.39, 0.29) is 0 Å². The highest BCUT2D eigenvalue weighted by Gasteiger charge is 1.98. The van der Waals surface area contributed by atoms with Crippen molar-refractivity contribution >= 4 is 23.5 Å². The first-order valence-corrected chi connectivity index (χ1v) is 5.80. The van der Waals surface area contributed by atoms with Gasteiger partial charge in [-0.1, -0.05) is 0 Å². The largest absolute Gasteiger partial charge is 0.334 e. The number of imidazole rings is 1. The molecule has 0 amide bonds. The van der Waals surface area contributed by atoms with Crippen molar-refractivity contribution in [3.8, 4) is 0 Å². The number of rotatable bonds is 3. The molecule has 0 fully saturated rings. The van der Waals surface area contributed by atoms with E-state index >= 15 is 0 Å². The summed E-state index contributed by atoms with van der Waals surface area (Å²) in [5, 5.41) is 2.01. The van der Waals surface area contributed by atoms with E-state index in [0.29, 0.717) is 6.04 Å². The van der Waals surface area contributed by atoms with Crippen molar-refractivity contribution in [2.45, 2.75) is 19.9 Å². The molecular formula is C11H13N3S. The first-order chi connectivity index (χ1) is 7.25. The Balaban J connectivity index is 2.11. The summed E-state index contributed by atoms with van der Waals surface area (Å²) in [5.74, 6) is 0. The van der Waals surface area contributed by atoms with Crippen LogP contribution < -0.4 is 0 Å². The molecule has 15 heavy (non-hydrogen) atoms. The molecule has 0 aliphatic rings. The normalized spacial score (nSPS) is 11.7. The molecule has 0 unspecified atom stereocenters. The molecule has 0 aliphatic heterocycles. The Bertz CT molecular complexity index is 440. The Kier molecular flexibility index (Phi) is 2.97. The highest BCUT2D eigenvalue weighted by molar-refractivity contribution is 7.07. The van der Waals surface area contributed by atoms with Crippen LogP contribution in [0.1, 0.15) is 31.3 Å². The molecule has 0 N–H and O–H groups in total.